The van der Waals surface area contributed by atoms with Crippen molar-refractivity contribution in [3.63, 3.8) is 0 Å². The molecular formula is C10H18N2O. The number of amides is 1. The lowest BCUT2D eigenvalue weighted by atomic mass is 9.76. The van der Waals surface area contributed by atoms with E-state index in [1.807, 2.05) is 11.9 Å². The zero-order valence-corrected chi connectivity index (χ0v) is 8.25. The van der Waals surface area contributed by atoms with Gasteiger partial charge in [0.1, 0.15) is 0 Å². The molecule has 0 aromatic heterocycles. The van der Waals surface area contributed by atoms with Crippen LogP contribution in [0, 0.1) is 5.92 Å². The predicted molar refractivity (Wildman–Crippen MR) is 51.1 cm³/mol. The van der Waals surface area contributed by atoms with Crippen molar-refractivity contribution >= 4 is 5.91 Å². The van der Waals surface area contributed by atoms with E-state index in [0.717, 1.165) is 31.7 Å². The van der Waals surface area contributed by atoms with Gasteiger partial charge in [0.25, 0.3) is 0 Å². The first-order chi connectivity index (χ1) is 6.12. The van der Waals surface area contributed by atoms with Crippen LogP contribution in [0.1, 0.15) is 32.1 Å². The zero-order chi connectivity index (χ0) is 9.47. The molecule has 2 aliphatic rings. The maximum atomic E-state index is 11.8. The summed E-state index contributed by atoms with van der Waals surface area (Å²) in [4.78, 5) is 13.6. The molecular weight excluding hydrogens is 164 g/mol. The van der Waals surface area contributed by atoms with E-state index in [1.165, 1.54) is 12.8 Å². The Morgan fingerprint density at radius 2 is 2.15 bits per heavy atom. The van der Waals surface area contributed by atoms with Crippen LogP contribution in [-0.4, -0.2) is 29.9 Å². The molecule has 2 rings (SSSR count). The number of hydrogen-bond acceptors (Lipinski definition) is 2. The summed E-state index contributed by atoms with van der Waals surface area (Å²) in [7, 11) is 1.88. The summed E-state index contributed by atoms with van der Waals surface area (Å²) in [5, 5.41) is 0. The summed E-state index contributed by atoms with van der Waals surface area (Å²) in [5.74, 6) is 0.920. The van der Waals surface area contributed by atoms with Gasteiger partial charge < -0.3 is 10.6 Å². The van der Waals surface area contributed by atoms with Crippen molar-refractivity contribution < 1.29 is 4.79 Å². The topological polar surface area (TPSA) is 46.3 Å². The normalized spacial score (nSPS) is 25.1. The standard InChI is InChI=1S/C10H18N2O/c1-12(7-8-3-4-8)9(13)10(11)5-2-6-10/h8H,2-7,11H2,1H3. The zero-order valence-electron chi connectivity index (χ0n) is 8.25. The highest BCUT2D eigenvalue weighted by atomic mass is 16.2. The Labute approximate surface area is 79.3 Å². The minimum atomic E-state index is -0.496. The molecule has 0 aliphatic heterocycles. The lowest BCUT2D eigenvalue weighted by molar-refractivity contribution is -0.139. The Kier molecular flexibility index (Phi) is 2.06. The number of nitrogens with zero attached hydrogens (tertiary/aromatic N) is 1. The largest absolute Gasteiger partial charge is 0.344 e. The predicted octanol–water partition coefficient (Wildman–Crippen LogP) is 0.736. The monoisotopic (exact) mass is 182 g/mol. The number of carbonyl (C=O) groups excluding carboxylic acids is 1. The van der Waals surface area contributed by atoms with Gasteiger partial charge in [0.05, 0.1) is 5.54 Å². The first kappa shape index (κ1) is 9.00. The molecule has 1 amide bonds. The highest BCUT2D eigenvalue weighted by Crippen LogP contribution is 2.33. The Morgan fingerprint density at radius 3 is 2.54 bits per heavy atom. The van der Waals surface area contributed by atoms with E-state index < -0.39 is 5.54 Å². The second-order valence-electron chi connectivity index (χ2n) is 4.64. The highest BCUT2D eigenvalue weighted by molar-refractivity contribution is 5.86. The van der Waals surface area contributed by atoms with Crippen molar-refractivity contribution in [2.75, 3.05) is 13.6 Å². The second-order valence-corrected chi connectivity index (χ2v) is 4.64. The summed E-state index contributed by atoms with van der Waals surface area (Å²) in [6.45, 7) is 0.914. The van der Waals surface area contributed by atoms with E-state index in [0.29, 0.717) is 0 Å². The van der Waals surface area contributed by atoms with Crippen LogP contribution in [0.5, 0.6) is 0 Å². The van der Waals surface area contributed by atoms with E-state index in [1.54, 1.807) is 0 Å². The van der Waals surface area contributed by atoms with Crippen LogP contribution < -0.4 is 5.73 Å². The van der Waals surface area contributed by atoms with Crippen LogP contribution in [0.25, 0.3) is 0 Å². The van der Waals surface area contributed by atoms with Gasteiger partial charge in [0, 0.05) is 13.6 Å². The van der Waals surface area contributed by atoms with E-state index in [9.17, 15) is 4.79 Å². The molecule has 13 heavy (non-hydrogen) atoms. The number of hydrogen-bond donors (Lipinski definition) is 1. The first-order valence-electron chi connectivity index (χ1n) is 5.16. The molecule has 2 aliphatic carbocycles. The summed E-state index contributed by atoms with van der Waals surface area (Å²) >= 11 is 0. The number of rotatable bonds is 3. The van der Waals surface area contributed by atoms with Crippen LogP contribution in [0.3, 0.4) is 0 Å². The molecule has 0 aromatic rings. The minimum absolute atomic E-state index is 0.158. The third-order valence-corrected chi connectivity index (χ3v) is 3.25. The number of likely N-dealkylation sites (N-methyl/N-ethyl adjacent to an activating group) is 1. The molecule has 74 valence electrons. The van der Waals surface area contributed by atoms with Crippen molar-refractivity contribution in [3.8, 4) is 0 Å². The van der Waals surface area contributed by atoms with Gasteiger partial charge in [0.15, 0.2) is 0 Å². The average Bonchev–Trinajstić information content (AvgIpc) is 2.82. The molecule has 0 saturated heterocycles. The Balaban J connectivity index is 1.87. The van der Waals surface area contributed by atoms with E-state index in [4.69, 9.17) is 5.73 Å². The molecule has 0 spiro atoms. The van der Waals surface area contributed by atoms with E-state index >= 15 is 0 Å². The lowest BCUT2D eigenvalue weighted by Gasteiger charge is -2.39. The molecule has 0 radical (unpaired) electrons. The van der Waals surface area contributed by atoms with Crippen molar-refractivity contribution in [2.45, 2.75) is 37.6 Å². The number of nitrogens with two attached hydrogens (primary N) is 1. The lowest BCUT2D eigenvalue weighted by Crippen LogP contribution is -2.59. The molecule has 0 unspecified atom stereocenters. The number of carbonyl (C=O) groups is 1. The fourth-order valence-corrected chi connectivity index (χ4v) is 1.92. The molecule has 2 fully saturated rings. The Morgan fingerprint density at radius 1 is 1.54 bits per heavy atom. The maximum absolute atomic E-state index is 11.8. The van der Waals surface area contributed by atoms with E-state index in [2.05, 4.69) is 0 Å². The summed E-state index contributed by atoms with van der Waals surface area (Å²) in [6.07, 6.45) is 5.44. The third kappa shape index (κ3) is 1.70. The van der Waals surface area contributed by atoms with Crippen molar-refractivity contribution in [3.05, 3.63) is 0 Å². The summed E-state index contributed by atoms with van der Waals surface area (Å²) < 4.78 is 0. The minimum Gasteiger partial charge on any atom is -0.344 e. The van der Waals surface area contributed by atoms with Gasteiger partial charge in [-0.15, -0.1) is 0 Å². The van der Waals surface area contributed by atoms with Crippen LogP contribution >= 0.6 is 0 Å². The Hall–Kier alpha value is -0.570. The molecule has 0 heterocycles. The quantitative estimate of drug-likeness (QED) is 0.699. The molecule has 0 aromatic carbocycles. The molecule has 2 saturated carbocycles. The van der Waals surface area contributed by atoms with Crippen LogP contribution in [-0.2, 0) is 4.79 Å². The maximum Gasteiger partial charge on any atom is 0.242 e. The molecule has 2 N–H and O–H groups in total. The first-order valence-corrected chi connectivity index (χ1v) is 5.16. The van der Waals surface area contributed by atoms with Crippen molar-refractivity contribution in [2.24, 2.45) is 11.7 Å². The fourth-order valence-electron chi connectivity index (χ4n) is 1.92. The van der Waals surface area contributed by atoms with Gasteiger partial charge in [0.2, 0.25) is 5.91 Å². The summed E-state index contributed by atoms with van der Waals surface area (Å²) in [6, 6.07) is 0. The van der Waals surface area contributed by atoms with Gasteiger partial charge in [-0.3, -0.25) is 4.79 Å². The third-order valence-electron chi connectivity index (χ3n) is 3.25. The van der Waals surface area contributed by atoms with Crippen LogP contribution in [0.4, 0.5) is 0 Å². The second kappa shape index (κ2) is 2.98. The average molecular weight is 182 g/mol. The fraction of sp³-hybridized carbons (Fsp3) is 0.900. The SMILES string of the molecule is CN(CC1CC1)C(=O)C1(N)CCC1. The summed E-state index contributed by atoms with van der Waals surface area (Å²) in [5.41, 5.74) is 5.46. The van der Waals surface area contributed by atoms with Crippen LogP contribution in [0.15, 0.2) is 0 Å². The van der Waals surface area contributed by atoms with Crippen molar-refractivity contribution in [1.29, 1.82) is 0 Å². The van der Waals surface area contributed by atoms with Crippen molar-refractivity contribution in [1.82, 2.24) is 4.90 Å². The highest BCUT2D eigenvalue weighted by Gasteiger charge is 2.42. The Bertz CT molecular complexity index is 219. The van der Waals surface area contributed by atoms with Gasteiger partial charge >= 0.3 is 0 Å². The van der Waals surface area contributed by atoms with Gasteiger partial charge in [-0.1, -0.05) is 0 Å². The molecule has 0 bridgehead atoms. The van der Waals surface area contributed by atoms with E-state index in [-0.39, 0.29) is 5.91 Å². The molecule has 0 atom stereocenters. The molecule has 3 heteroatoms. The smallest absolute Gasteiger partial charge is 0.242 e. The molecule has 3 nitrogen and oxygen atoms in total. The van der Waals surface area contributed by atoms with Crippen LogP contribution in [0.2, 0.25) is 0 Å². The van der Waals surface area contributed by atoms with Gasteiger partial charge in [-0.05, 0) is 38.0 Å². The van der Waals surface area contributed by atoms with Gasteiger partial charge in [-0.25, -0.2) is 0 Å². The van der Waals surface area contributed by atoms with Gasteiger partial charge in [-0.2, -0.15) is 0 Å².